The summed E-state index contributed by atoms with van der Waals surface area (Å²) in [7, 11) is 0. The highest BCUT2D eigenvalue weighted by Crippen LogP contribution is 2.34. The van der Waals surface area contributed by atoms with Gasteiger partial charge in [-0.2, -0.15) is 0 Å². The minimum atomic E-state index is -0.0912. The zero-order chi connectivity index (χ0) is 13.3. The van der Waals surface area contributed by atoms with E-state index in [0.29, 0.717) is 11.9 Å². The van der Waals surface area contributed by atoms with Gasteiger partial charge in [-0.05, 0) is 25.7 Å². The second-order valence-electron chi connectivity index (χ2n) is 6.13. The normalized spacial score (nSPS) is 17.4. The predicted octanol–water partition coefficient (Wildman–Crippen LogP) is 2.27. The average Bonchev–Trinajstić information content (AvgIpc) is 3.11. The molecular formula is C13H23N5. The minimum Gasteiger partial charge on any atom is -0.367 e. The first-order valence-corrected chi connectivity index (χ1v) is 6.53. The second-order valence-corrected chi connectivity index (χ2v) is 6.13. The lowest BCUT2D eigenvalue weighted by atomic mass is 9.96. The number of rotatable bonds is 4. The molecule has 0 aromatic carbocycles. The van der Waals surface area contributed by atoms with E-state index in [1.165, 1.54) is 12.8 Å². The van der Waals surface area contributed by atoms with Crippen LogP contribution in [0, 0.1) is 5.92 Å². The summed E-state index contributed by atoms with van der Waals surface area (Å²) in [6.07, 6.45) is 2.63. The van der Waals surface area contributed by atoms with Crippen LogP contribution in [0.1, 0.15) is 46.4 Å². The van der Waals surface area contributed by atoms with Crippen molar-refractivity contribution in [3.8, 4) is 0 Å². The van der Waals surface area contributed by atoms with Crippen LogP contribution in [-0.2, 0) is 5.41 Å². The molecule has 1 aromatic rings. The van der Waals surface area contributed by atoms with Crippen molar-refractivity contribution in [2.24, 2.45) is 11.8 Å². The maximum absolute atomic E-state index is 5.47. The lowest BCUT2D eigenvalue weighted by Gasteiger charge is -2.20. The van der Waals surface area contributed by atoms with Crippen molar-refractivity contribution in [2.45, 2.75) is 52.0 Å². The smallest absolute Gasteiger partial charge is 0.145 e. The molecule has 1 atom stereocenters. The fourth-order valence-electron chi connectivity index (χ4n) is 1.88. The molecule has 1 aliphatic rings. The van der Waals surface area contributed by atoms with Gasteiger partial charge >= 0.3 is 0 Å². The summed E-state index contributed by atoms with van der Waals surface area (Å²) in [4.78, 5) is 8.99. The van der Waals surface area contributed by atoms with E-state index in [1.54, 1.807) is 0 Å². The van der Waals surface area contributed by atoms with Gasteiger partial charge in [0.2, 0.25) is 0 Å². The molecule has 4 N–H and O–H groups in total. The number of nitrogen functional groups attached to an aromatic ring is 1. The van der Waals surface area contributed by atoms with Crippen molar-refractivity contribution in [1.29, 1.82) is 0 Å². The number of aromatic nitrogens is 2. The molecule has 0 spiro atoms. The maximum Gasteiger partial charge on any atom is 0.145 e. The topological polar surface area (TPSA) is 75.9 Å². The van der Waals surface area contributed by atoms with Crippen LogP contribution in [-0.4, -0.2) is 16.0 Å². The first-order chi connectivity index (χ1) is 8.40. The van der Waals surface area contributed by atoms with Gasteiger partial charge in [0.15, 0.2) is 0 Å². The van der Waals surface area contributed by atoms with Gasteiger partial charge in [0.1, 0.15) is 17.5 Å². The molecule has 1 aromatic heterocycles. The van der Waals surface area contributed by atoms with Gasteiger partial charge in [0, 0.05) is 17.5 Å². The molecule has 0 bridgehead atoms. The van der Waals surface area contributed by atoms with Crippen LogP contribution in [0.5, 0.6) is 0 Å². The zero-order valence-electron chi connectivity index (χ0n) is 11.6. The van der Waals surface area contributed by atoms with Crippen molar-refractivity contribution in [3.63, 3.8) is 0 Å². The molecular weight excluding hydrogens is 226 g/mol. The molecule has 0 saturated heterocycles. The van der Waals surface area contributed by atoms with Crippen molar-refractivity contribution in [2.75, 3.05) is 10.7 Å². The van der Waals surface area contributed by atoms with Crippen molar-refractivity contribution >= 4 is 11.6 Å². The van der Waals surface area contributed by atoms with E-state index in [4.69, 9.17) is 5.84 Å². The molecule has 100 valence electrons. The molecule has 1 heterocycles. The highest BCUT2D eigenvalue weighted by Gasteiger charge is 2.28. The monoisotopic (exact) mass is 249 g/mol. The van der Waals surface area contributed by atoms with E-state index in [0.717, 1.165) is 17.6 Å². The van der Waals surface area contributed by atoms with Gasteiger partial charge in [-0.15, -0.1) is 0 Å². The number of nitrogens with one attached hydrogen (secondary N) is 2. The maximum atomic E-state index is 5.47. The van der Waals surface area contributed by atoms with Gasteiger partial charge in [-0.25, -0.2) is 15.8 Å². The summed E-state index contributed by atoms with van der Waals surface area (Å²) in [5.74, 6) is 8.55. The Morgan fingerprint density at radius 2 is 1.89 bits per heavy atom. The van der Waals surface area contributed by atoms with Crippen LogP contribution in [0.3, 0.4) is 0 Å². The summed E-state index contributed by atoms with van der Waals surface area (Å²) in [5.41, 5.74) is 2.52. The molecule has 2 rings (SSSR count). The van der Waals surface area contributed by atoms with Crippen LogP contribution >= 0.6 is 0 Å². The fraction of sp³-hybridized carbons (Fsp3) is 0.692. The van der Waals surface area contributed by atoms with E-state index in [-0.39, 0.29) is 5.41 Å². The third kappa shape index (κ3) is 3.10. The highest BCUT2D eigenvalue weighted by molar-refractivity contribution is 5.48. The largest absolute Gasteiger partial charge is 0.367 e. The standard InChI is InChI=1S/C13H23N5/c1-8(9-5-6-9)15-10-7-11(18-14)17-12(16-10)13(2,3)4/h7-9H,5-6,14H2,1-4H3,(H2,15,16,17,18). The summed E-state index contributed by atoms with van der Waals surface area (Å²) >= 11 is 0. The number of hydrazine groups is 1. The minimum absolute atomic E-state index is 0.0912. The Morgan fingerprint density at radius 1 is 1.28 bits per heavy atom. The Hall–Kier alpha value is -1.36. The van der Waals surface area contributed by atoms with Gasteiger partial charge in [0.05, 0.1) is 0 Å². The Balaban J connectivity index is 2.22. The SMILES string of the molecule is CC(Nc1cc(NN)nc(C(C)(C)C)n1)C1CC1. The van der Waals surface area contributed by atoms with E-state index < -0.39 is 0 Å². The molecule has 18 heavy (non-hydrogen) atoms. The molecule has 0 aliphatic heterocycles. The second kappa shape index (κ2) is 4.72. The van der Waals surface area contributed by atoms with E-state index in [9.17, 15) is 0 Å². The van der Waals surface area contributed by atoms with Crippen LogP contribution < -0.4 is 16.6 Å². The summed E-state index contributed by atoms with van der Waals surface area (Å²) < 4.78 is 0. The van der Waals surface area contributed by atoms with Crippen molar-refractivity contribution < 1.29 is 0 Å². The summed E-state index contributed by atoms with van der Waals surface area (Å²) in [5, 5.41) is 3.44. The number of nitrogens with zero attached hydrogens (tertiary/aromatic N) is 2. The molecule has 1 fully saturated rings. The van der Waals surface area contributed by atoms with Crippen molar-refractivity contribution in [3.05, 3.63) is 11.9 Å². The Morgan fingerprint density at radius 3 is 2.39 bits per heavy atom. The third-order valence-corrected chi connectivity index (χ3v) is 3.25. The first kappa shape index (κ1) is 13.1. The molecule has 5 nitrogen and oxygen atoms in total. The van der Waals surface area contributed by atoms with Crippen LogP contribution in [0.4, 0.5) is 11.6 Å². The van der Waals surface area contributed by atoms with Gasteiger partial charge in [0.25, 0.3) is 0 Å². The van der Waals surface area contributed by atoms with E-state index in [1.807, 2.05) is 6.07 Å². The lowest BCUT2D eigenvalue weighted by molar-refractivity contribution is 0.545. The summed E-state index contributed by atoms with van der Waals surface area (Å²) in [6.45, 7) is 8.48. The average molecular weight is 249 g/mol. The van der Waals surface area contributed by atoms with Gasteiger partial charge in [-0.3, -0.25) is 0 Å². The first-order valence-electron chi connectivity index (χ1n) is 6.53. The lowest BCUT2D eigenvalue weighted by Crippen LogP contribution is -2.23. The van der Waals surface area contributed by atoms with Crippen molar-refractivity contribution in [1.82, 2.24) is 9.97 Å². The number of hydrogen-bond donors (Lipinski definition) is 3. The van der Waals surface area contributed by atoms with Crippen LogP contribution in [0.25, 0.3) is 0 Å². The Bertz CT molecular complexity index is 420. The number of hydrogen-bond acceptors (Lipinski definition) is 5. The van der Waals surface area contributed by atoms with Crippen LogP contribution in [0.2, 0.25) is 0 Å². The Kier molecular flexibility index (Phi) is 3.43. The van der Waals surface area contributed by atoms with Crippen LogP contribution in [0.15, 0.2) is 6.07 Å². The molecule has 0 radical (unpaired) electrons. The number of nitrogens with two attached hydrogens (primary N) is 1. The fourth-order valence-corrected chi connectivity index (χ4v) is 1.88. The third-order valence-electron chi connectivity index (χ3n) is 3.25. The van der Waals surface area contributed by atoms with E-state index >= 15 is 0 Å². The zero-order valence-corrected chi connectivity index (χ0v) is 11.6. The highest BCUT2D eigenvalue weighted by atomic mass is 15.3. The van der Waals surface area contributed by atoms with Gasteiger partial charge in [-0.1, -0.05) is 20.8 Å². The molecule has 1 unspecified atom stereocenters. The summed E-state index contributed by atoms with van der Waals surface area (Å²) in [6, 6.07) is 2.31. The number of anilines is 2. The molecule has 1 saturated carbocycles. The molecule has 1 aliphatic carbocycles. The quantitative estimate of drug-likeness (QED) is 0.564. The van der Waals surface area contributed by atoms with E-state index in [2.05, 4.69) is 48.4 Å². The predicted molar refractivity (Wildman–Crippen MR) is 74.4 cm³/mol. The molecule has 0 amide bonds. The Labute approximate surface area is 109 Å². The van der Waals surface area contributed by atoms with Gasteiger partial charge < -0.3 is 10.7 Å². The molecule has 5 heteroatoms.